The highest BCUT2D eigenvalue weighted by molar-refractivity contribution is 7.13. The van der Waals surface area contributed by atoms with Crippen molar-refractivity contribution in [2.75, 3.05) is 5.32 Å². The van der Waals surface area contributed by atoms with Crippen molar-refractivity contribution < 1.29 is 13.6 Å². The Morgan fingerprint density at radius 1 is 1.44 bits per heavy atom. The molecule has 7 heteroatoms. The van der Waals surface area contributed by atoms with E-state index in [9.17, 15) is 13.6 Å². The Morgan fingerprint density at radius 3 is 2.72 bits per heavy atom. The first-order valence-electron chi connectivity index (χ1n) is 4.86. The molecule has 2 rings (SSSR count). The molecule has 94 valence electrons. The number of hydrogen-bond acceptors (Lipinski definition) is 3. The maximum absolute atomic E-state index is 13.2. The molecule has 1 N–H and O–H groups in total. The maximum atomic E-state index is 13.2. The van der Waals surface area contributed by atoms with E-state index in [-0.39, 0.29) is 10.6 Å². The highest BCUT2D eigenvalue weighted by Crippen LogP contribution is 2.28. The second kappa shape index (κ2) is 4.99. The van der Waals surface area contributed by atoms with Gasteiger partial charge in [-0.1, -0.05) is 11.6 Å². The van der Waals surface area contributed by atoms with Gasteiger partial charge in [-0.25, -0.2) is 0 Å². The quantitative estimate of drug-likeness (QED) is 0.857. The summed E-state index contributed by atoms with van der Waals surface area (Å²) in [6.07, 6.45) is 0. The highest BCUT2D eigenvalue weighted by atomic mass is 35.5. The van der Waals surface area contributed by atoms with Gasteiger partial charge in [-0.15, -0.1) is 11.3 Å². The predicted molar refractivity (Wildman–Crippen MR) is 66.2 cm³/mol. The summed E-state index contributed by atoms with van der Waals surface area (Å²) in [6.45, 7) is 1.76. The van der Waals surface area contributed by atoms with Gasteiger partial charge in [0.15, 0.2) is 0 Å². The van der Waals surface area contributed by atoms with Crippen LogP contribution in [0.15, 0.2) is 17.5 Å². The summed E-state index contributed by atoms with van der Waals surface area (Å²) in [5, 5.41) is 4.34. The number of rotatable bonds is 2. The third-order valence-corrected chi connectivity index (χ3v) is 3.86. The van der Waals surface area contributed by atoms with Gasteiger partial charge in [-0.2, -0.15) is 13.8 Å². The lowest BCUT2D eigenvalue weighted by Gasteiger charge is -2.04. The molecular formula is C11H7ClF2N2OS. The van der Waals surface area contributed by atoms with Gasteiger partial charge in [0.1, 0.15) is 4.88 Å². The molecule has 0 unspecified atom stereocenters. The van der Waals surface area contributed by atoms with E-state index in [1.54, 1.807) is 12.3 Å². The summed E-state index contributed by atoms with van der Waals surface area (Å²) in [4.78, 5) is 15.1. The molecule has 0 spiro atoms. The topological polar surface area (TPSA) is 42.0 Å². The van der Waals surface area contributed by atoms with Crippen LogP contribution in [0.25, 0.3) is 0 Å². The first kappa shape index (κ1) is 12.9. The largest absolute Gasteiger partial charge is 0.317 e. The highest BCUT2D eigenvalue weighted by Gasteiger charge is 2.16. The molecule has 18 heavy (non-hydrogen) atoms. The SMILES string of the molecule is Cc1csc(C(=O)Nc2ccc(F)nc2F)c1Cl. The fourth-order valence-corrected chi connectivity index (χ4v) is 2.44. The Kier molecular flexibility index (Phi) is 3.58. The van der Waals surface area contributed by atoms with E-state index >= 15 is 0 Å². The van der Waals surface area contributed by atoms with Gasteiger partial charge in [-0.3, -0.25) is 4.79 Å². The van der Waals surface area contributed by atoms with Crippen molar-refractivity contribution >= 4 is 34.5 Å². The standard InChI is InChI=1S/C11H7ClF2N2OS/c1-5-4-18-9(8(5)12)11(17)15-6-2-3-7(13)16-10(6)14/h2-4H,1H3,(H,15,17). The van der Waals surface area contributed by atoms with Crippen molar-refractivity contribution in [3.8, 4) is 0 Å². The van der Waals surface area contributed by atoms with Crippen LogP contribution < -0.4 is 5.32 Å². The molecule has 0 saturated heterocycles. The monoisotopic (exact) mass is 288 g/mol. The molecule has 2 aromatic heterocycles. The van der Waals surface area contributed by atoms with Crippen LogP contribution in [-0.4, -0.2) is 10.9 Å². The second-order valence-electron chi connectivity index (χ2n) is 3.49. The number of nitrogens with zero attached hydrogens (tertiary/aromatic N) is 1. The predicted octanol–water partition coefficient (Wildman–Crippen LogP) is 3.64. The van der Waals surface area contributed by atoms with E-state index in [1.807, 2.05) is 0 Å². The van der Waals surface area contributed by atoms with Crippen molar-refractivity contribution in [2.24, 2.45) is 0 Å². The molecule has 2 heterocycles. The Hall–Kier alpha value is -1.53. The number of aryl methyl sites for hydroxylation is 1. The van der Waals surface area contributed by atoms with Crippen molar-refractivity contribution in [3.63, 3.8) is 0 Å². The van der Waals surface area contributed by atoms with E-state index in [0.717, 1.165) is 29.0 Å². The van der Waals surface area contributed by atoms with Gasteiger partial charge in [-0.05, 0) is 30.0 Å². The van der Waals surface area contributed by atoms with Crippen LogP contribution in [-0.2, 0) is 0 Å². The van der Waals surface area contributed by atoms with Crippen LogP contribution >= 0.6 is 22.9 Å². The van der Waals surface area contributed by atoms with E-state index < -0.39 is 17.8 Å². The van der Waals surface area contributed by atoms with Gasteiger partial charge in [0.05, 0.1) is 10.7 Å². The Labute approximate surface area is 110 Å². The van der Waals surface area contributed by atoms with Crippen LogP contribution in [0.1, 0.15) is 15.2 Å². The number of amides is 1. The molecule has 0 fully saturated rings. The first-order valence-corrected chi connectivity index (χ1v) is 6.12. The number of hydrogen-bond donors (Lipinski definition) is 1. The van der Waals surface area contributed by atoms with Crippen LogP contribution in [0, 0.1) is 18.8 Å². The molecular weight excluding hydrogens is 282 g/mol. The summed E-state index contributed by atoms with van der Waals surface area (Å²) >= 11 is 7.07. The number of carbonyl (C=O) groups excluding carboxylic acids is 1. The molecule has 2 aromatic rings. The fourth-order valence-electron chi connectivity index (χ4n) is 1.27. The Balaban J connectivity index is 2.24. The molecule has 0 aliphatic carbocycles. The minimum absolute atomic E-state index is 0.191. The van der Waals surface area contributed by atoms with E-state index in [0.29, 0.717) is 5.02 Å². The number of anilines is 1. The van der Waals surface area contributed by atoms with Crippen molar-refractivity contribution in [3.05, 3.63) is 44.9 Å². The van der Waals surface area contributed by atoms with E-state index in [4.69, 9.17) is 11.6 Å². The first-order chi connectivity index (χ1) is 8.49. The summed E-state index contributed by atoms with van der Waals surface area (Å²) in [7, 11) is 0. The zero-order valence-corrected chi connectivity index (χ0v) is 10.7. The maximum Gasteiger partial charge on any atom is 0.267 e. The van der Waals surface area contributed by atoms with Crippen LogP contribution in [0.3, 0.4) is 0 Å². The minimum atomic E-state index is -1.08. The van der Waals surface area contributed by atoms with Crippen molar-refractivity contribution in [2.45, 2.75) is 6.92 Å². The number of aromatic nitrogens is 1. The zero-order valence-electron chi connectivity index (χ0n) is 9.13. The van der Waals surface area contributed by atoms with Crippen LogP contribution in [0.2, 0.25) is 5.02 Å². The average molecular weight is 289 g/mol. The van der Waals surface area contributed by atoms with E-state index in [1.165, 1.54) is 0 Å². The molecule has 0 atom stereocenters. The van der Waals surface area contributed by atoms with Crippen LogP contribution in [0.5, 0.6) is 0 Å². The Morgan fingerprint density at radius 2 is 2.17 bits per heavy atom. The molecule has 0 aliphatic rings. The lowest BCUT2D eigenvalue weighted by atomic mass is 10.3. The molecule has 1 amide bonds. The van der Waals surface area contributed by atoms with Crippen molar-refractivity contribution in [1.29, 1.82) is 0 Å². The van der Waals surface area contributed by atoms with Gasteiger partial charge in [0, 0.05) is 0 Å². The second-order valence-corrected chi connectivity index (χ2v) is 4.75. The third kappa shape index (κ3) is 2.49. The van der Waals surface area contributed by atoms with Gasteiger partial charge >= 0.3 is 0 Å². The smallest absolute Gasteiger partial charge is 0.267 e. The van der Waals surface area contributed by atoms with Gasteiger partial charge in [0.25, 0.3) is 5.91 Å². The summed E-state index contributed by atoms with van der Waals surface area (Å²) in [6, 6.07) is 2.06. The third-order valence-electron chi connectivity index (χ3n) is 2.17. The lowest BCUT2D eigenvalue weighted by molar-refractivity contribution is 0.103. The average Bonchev–Trinajstić information content (AvgIpc) is 2.64. The molecule has 0 saturated carbocycles. The summed E-state index contributed by atoms with van der Waals surface area (Å²) in [5.74, 6) is -2.58. The molecule has 3 nitrogen and oxygen atoms in total. The number of thiophene rings is 1. The summed E-state index contributed by atoms with van der Waals surface area (Å²) in [5.41, 5.74) is 0.577. The van der Waals surface area contributed by atoms with E-state index in [2.05, 4.69) is 10.3 Å². The normalized spacial score (nSPS) is 10.4. The van der Waals surface area contributed by atoms with Gasteiger partial charge in [0.2, 0.25) is 11.9 Å². The number of carbonyl (C=O) groups is 1. The molecule has 0 radical (unpaired) electrons. The minimum Gasteiger partial charge on any atom is -0.317 e. The number of pyridine rings is 1. The lowest BCUT2D eigenvalue weighted by Crippen LogP contribution is -2.12. The van der Waals surface area contributed by atoms with Gasteiger partial charge < -0.3 is 5.32 Å². The zero-order chi connectivity index (χ0) is 13.3. The Bertz CT molecular complexity index is 615. The number of halogens is 3. The molecule has 0 aliphatic heterocycles. The number of nitrogens with one attached hydrogen (secondary N) is 1. The van der Waals surface area contributed by atoms with Crippen molar-refractivity contribution in [1.82, 2.24) is 4.98 Å². The summed E-state index contributed by atoms with van der Waals surface area (Å²) < 4.78 is 25.8. The molecule has 0 bridgehead atoms. The fraction of sp³-hybridized carbons (Fsp3) is 0.0909. The van der Waals surface area contributed by atoms with Crippen LogP contribution in [0.4, 0.5) is 14.5 Å². The molecule has 0 aromatic carbocycles.